The number of aromatic nitrogens is 1. The van der Waals surface area contributed by atoms with Crippen molar-refractivity contribution in [3.63, 3.8) is 0 Å². The van der Waals surface area contributed by atoms with Crippen LogP contribution in [0.3, 0.4) is 0 Å². The molecule has 2 aromatic heterocycles. The first kappa shape index (κ1) is 15.1. The molecule has 0 aliphatic rings. The van der Waals surface area contributed by atoms with Crippen LogP contribution in [-0.2, 0) is 0 Å². The zero-order valence-corrected chi connectivity index (χ0v) is 13.5. The molecule has 2 heterocycles. The topological polar surface area (TPSA) is 38.4 Å². The number of pyridine rings is 1. The van der Waals surface area contributed by atoms with Gasteiger partial charge in [0, 0.05) is 17.8 Å². The second kappa shape index (κ2) is 6.97. The first-order chi connectivity index (χ1) is 12.4. The van der Waals surface area contributed by atoms with Crippen LogP contribution >= 0.6 is 0 Å². The molecule has 0 saturated heterocycles. The van der Waals surface area contributed by atoms with E-state index in [4.69, 9.17) is 4.42 Å². The van der Waals surface area contributed by atoms with Gasteiger partial charge in [-0.3, -0.25) is 0 Å². The molecule has 2 aromatic carbocycles. The molecule has 4 rings (SSSR count). The van der Waals surface area contributed by atoms with Crippen LogP contribution in [0.2, 0.25) is 0 Å². The maximum atomic E-state index is 6.02. The third-order valence-corrected chi connectivity index (χ3v) is 3.82. The van der Waals surface area contributed by atoms with Crippen molar-refractivity contribution in [2.45, 2.75) is 0 Å². The van der Waals surface area contributed by atoms with Crippen LogP contribution in [0.15, 0.2) is 107 Å². The van der Waals surface area contributed by atoms with Gasteiger partial charge in [-0.15, -0.1) is 0 Å². The van der Waals surface area contributed by atoms with E-state index in [2.05, 4.69) is 22.1 Å². The first-order valence-corrected chi connectivity index (χ1v) is 8.10. The lowest BCUT2D eigenvalue weighted by Gasteiger charge is -2.06. The van der Waals surface area contributed by atoms with E-state index >= 15 is 0 Å². The molecule has 0 saturated carbocycles. The average molecular weight is 324 g/mol. The zero-order chi connectivity index (χ0) is 16.9. The van der Waals surface area contributed by atoms with Crippen molar-refractivity contribution < 1.29 is 4.42 Å². The molecule has 0 N–H and O–H groups in total. The largest absolute Gasteiger partial charge is 0.438 e. The van der Waals surface area contributed by atoms with Crippen molar-refractivity contribution in [2.75, 3.05) is 0 Å². The van der Waals surface area contributed by atoms with Gasteiger partial charge < -0.3 is 4.42 Å². The molecule has 25 heavy (non-hydrogen) atoms. The zero-order valence-electron chi connectivity index (χ0n) is 13.5. The number of hydrogen-bond donors (Lipinski definition) is 0. The monoisotopic (exact) mass is 324 g/mol. The molecule has 0 radical (unpaired) electrons. The summed E-state index contributed by atoms with van der Waals surface area (Å²) < 4.78 is 6.02. The highest BCUT2D eigenvalue weighted by atomic mass is 16.3. The molecular weight excluding hydrogens is 308 g/mol. The fourth-order valence-electron chi connectivity index (χ4n) is 2.62. The second-order valence-corrected chi connectivity index (χ2v) is 5.58. The molecular formula is C22H16N2O. The van der Waals surface area contributed by atoms with Crippen LogP contribution in [0.4, 0.5) is 5.82 Å². The van der Waals surface area contributed by atoms with Crippen LogP contribution in [0.5, 0.6) is 0 Å². The van der Waals surface area contributed by atoms with Crippen molar-refractivity contribution in [1.29, 1.82) is 0 Å². The van der Waals surface area contributed by atoms with Gasteiger partial charge >= 0.3 is 0 Å². The molecule has 0 bridgehead atoms. The Bertz CT molecular complexity index is 963. The Morgan fingerprint density at radius 1 is 0.640 bits per heavy atom. The molecule has 3 heteroatoms. The van der Waals surface area contributed by atoms with Crippen molar-refractivity contribution in [3.8, 4) is 22.5 Å². The standard InChI is InChI=1S/C22H16N2O/c1-3-9-17(10-4-1)19-15-20(18-11-5-2-6-12-18)25-22(16-19)24-21-13-7-8-14-23-21/h1-16H. The van der Waals surface area contributed by atoms with E-state index in [1.807, 2.05) is 78.9 Å². The van der Waals surface area contributed by atoms with Gasteiger partial charge in [0.15, 0.2) is 5.82 Å². The lowest BCUT2D eigenvalue weighted by molar-refractivity contribution is 0.511. The summed E-state index contributed by atoms with van der Waals surface area (Å²) in [5, 5.41) is 0. The Kier molecular flexibility index (Phi) is 4.21. The van der Waals surface area contributed by atoms with Crippen LogP contribution in [-0.4, -0.2) is 4.98 Å². The average Bonchev–Trinajstić information content (AvgIpc) is 2.70. The van der Waals surface area contributed by atoms with Crippen molar-refractivity contribution in [1.82, 2.24) is 4.98 Å². The minimum atomic E-state index is 0.527. The fourth-order valence-corrected chi connectivity index (χ4v) is 2.62. The van der Waals surface area contributed by atoms with Gasteiger partial charge in [-0.05, 0) is 29.3 Å². The molecule has 0 unspecified atom stereocenters. The predicted molar refractivity (Wildman–Crippen MR) is 99.0 cm³/mol. The van der Waals surface area contributed by atoms with Gasteiger partial charge in [0.1, 0.15) is 5.76 Å². The van der Waals surface area contributed by atoms with Crippen LogP contribution in [0.25, 0.3) is 22.5 Å². The second-order valence-electron chi connectivity index (χ2n) is 5.58. The van der Waals surface area contributed by atoms with E-state index in [0.29, 0.717) is 11.4 Å². The summed E-state index contributed by atoms with van der Waals surface area (Å²) in [4.78, 5) is 8.79. The Hall–Kier alpha value is -3.46. The predicted octanol–water partition coefficient (Wildman–Crippen LogP) is 5.24. The summed E-state index contributed by atoms with van der Waals surface area (Å²) in [6.45, 7) is 0. The van der Waals surface area contributed by atoms with E-state index in [-0.39, 0.29) is 0 Å². The Labute approximate surface area is 146 Å². The summed E-state index contributed by atoms with van der Waals surface area (Å²) in [5.74, 6) is 1.40. The lowest BCUT2D eigenvalue weighted by atomic mass is 10.0. The first-order valence-electron chi connectivity index (χ1n) is 8.10. The van der Waals surface area contributed by atoms with Crippen LogP contribution in [0, 0.1) is 0 Å². The van der Waals surface area contributed by atoms with E-state index in [1.54, 1.807) is 6.20 Å². The fraction of sp³-hybridized carbons (Fsp3) is 0. The van der Waals surface area contributed by atoms with Gasteiger partial charge in [-0.2, -0.15) is 4.99 Å². The number of rotatable bonds is 3. The minimum absolute atomic E-state index is 0.527. The van der Waals surface area contributed by atoms with Crippen LogP contribution in [0.1, 0.15) is 0 Å². The number of hydrogen-bond acceptors (Lipinski definition) is 3. The Balaban J connectivity index is 1.91. The summed E-state index contributed by atoms with van der Waals surface area (Å²) in [6, 6.07) is 29.9. The molecule has 120 valence electrons. The quantitative estimate of drug-likeness (QED) is 0.517. The highest BCUT2D eigenvalue weighted by Gasteiger charge is 2.05. The van der Waals surface area contributed by atoms with Gasteiger partial charge in [0.05, 0.1) is 0 Å². The number of nitrogens with zero attached hydrogens (tertiary/aromatic N) is 2. The normalized spacial score (nSPS) is 11.4. The highest BCUT2D eigenvalue weighted by molar-refractivity contribution is 5.68. The van der Waals surface area contributed by atoms with Crippen LogP contribution < -0.4 is 5.55 Å². The van der Waals surface area contributed by atoms with Gasteiger partial charge in [0.25, 0.3) is 0 Å². The molecule has 3 nitrogen and oxygen atoms in total. The summed E-state index contributed by atoms with van der Waals surface area (Å²) >= 11 is 0. The maximum absolute atomic E-state index is 6.02. The summed E-state index contributed by atoms with van der Waals surface area (Å²) in [5.41, 5.74) is 3.71. The molecule has 0 aliphatic heterocycles. The molecule has 0 atom stereocenters. The smallest absolute Gasteiger partial charge is 0.221 e. The lowest BCUT2D eigenvalue weighted by Crippen LogP contribution is -2.02. The van der Waals surface area contributed by atoms with Crippen molar-refractivity contribution in [3.05, 3.63) is 103 Å². The van der Waals surface area contributed by atoms with E-state index < -0.39 is 0 Å². The summed E-state index contributed by atoms with van der Waals surface area (Å²) in [7, 11) is 0. The van der Waals surface area contributed by atoms with E-state index in [0.717, 1.165) is 22.5 Å². The molecule has 0 amide bonds. The third-order valence-electron chi connectivity index (χ3n) is 3.82. The minimum Gasteiger partial charge on any atom is -0.438 e. The number of benzene rings is 2. The van der Waals surface area contributed by atoms with Gasteiger partial charge in [0.2, 0.25) is 5.55 Å². The molecule has 0 spiro atoms. The van der Waals surface area contributed by atoms with Gasteiger partial charge in [-0.25, -0.2) is 4.98 Å². The van der Waals surface area contributed by atoms with E-state index in [1.165, 1.54) is 0 Å². The summed E-state index contributed by atoms with van der Waals surface area (Å²) in [6.07, 6.45) is 1.72. The molecule has 0 aliphatic carbocycles. The Morgan fingerprint density at radius 3 is 2.00 bits per heavy atom. The third kappa shape index (κ3) is 3.56. The van der Waals surface area contributed by atoms with E-state index in [9.17, 15) is 0 Å². The Morgan fingerprint density at radius 2 is 1.32 bits per heavy atom. The van der Waals surface area contributed by atoms with Crippen molar-refractivity contribution >= 4 is 5.82 Å². The molecule has 0 fully saturated rings. The van der Waals surface area contributed by atoms with Crippen molar-refractivity contribution in [2.24, 2.45) is 4.99 Å². The maximum Gasteiger partial charge on any atom is 0.221 e. The SMILES string of the molecule is c1ccc(-c2cc(-c3ccccc3)oc(=Nc3ccccn3)c2)cc1. The molecule has 4 aromatic rings. The van der Waals surface area contributed by atoms with Gasteiger partial charge in [-0.1, -0.05) is 66.7 Å². The highest BCUT2D eigenvalue weighted by Crippen LogP contribution is 2.24.